The molecule has 9 heteroatoms. The van der Waals surface area contributed by atoms with Crippen molar-refractivity contribution in [1.82, 2.24) is 19.6 Å². The first-order valence-electron chi connectivity index (χ1n) is 9.14. The molecule has 1 aliphatic heterocycles. The van der Waals surface area contributed by atoms with Gasteiger partial charge in [0.05, 0.1) is 6.10 Å². The maximum Gasteiger partial charge on any atom is 0.453 e. The Bertz CT molecular complexity index is 957. The number of anilines is 1. The van der Waals surface area contributed by atoms with Crippen LogP contribution in [-0.2, 0) is 10.9 Å². The molecule has 1 aliphatic rings. The van der Waals surface area contributed by atoms with Gasteiger partial charge in [0.1, 0.15) is 5.82 Å². The number of halogens is 3. The highest BCUT2D eigenvalue weighted by atomic mass is 19.4. The molecule has 0 spiro atoms. The van der Waals surface area contributed by atoms with Crippen molar-refractivity contribution in [2.45, 2.75) is 32.0 Å². The van der Waals surface area contributed by atoms with Crippen LogP contribution in [0.2, 0.25) is 0 Å². The molecule has 2 atom stereocenters. The highest BCUT2D eigenvalue weighted by Crippen LogP contribution is 2.34. The van der Waals surface area contributed by atoms with E-state index in [9.17, 15) is 13.2 Å². The Morgan fingerprint density at radius 1 is 1.21 bits per heavy atom. The third-order valence-electron chi connectivity index (χ3n) is 4.81. The van der Waals surface area contributed by atoms with Crippen molar-refractivity contribution in [1.29, 1.82) is 0 Å². The van der Waals surface area contributed by atoms with E-state index in [1.54, 1.807) is 13.0 Å². The zero-order chi connectivity index (χ0) is 19.7. The second-order valence-electron chi connectivity index (χ2n) is 6.91. The van der Waals surface area contributed by atoms with Gasteiger partial charge in [-0.2, -0.15) is 22.7 Å². The molecule has 1 saturated heterocycles. The number of ether oxygens (including phenoxy) is 1. The Balaban J connectivity index is 1.58. The van der Waals surface area contributed by atoms with Crippen molar-refractivity contribution in [3.05, 3.63) is 53.5 Å². The average molecular weight is 391 g/mol. The summed E-state index contributed by atoms with van der Waals surface area (Å²) in [5, 5.41) is 6.83. The highest BCUT2D eigenvalue weighted by molar-refractivity contribution is 5.45. The van der Waals surface area contributed by atoms with Gasteiger partial charge in [0.15, 0.2) is 0 Å². The minimum absolute atomic E-state index is 0.0534. The molecule has 0 radical (unpaired) electrons. The van der Waals surface area contributed by atoms with Gasteiger partial charge >= 0.3 is 6.18 Å². The van der Waals surface area contributed by atoms with Gasteiger partial charge in [-0.25, -0.2) is 4.98 Å². The van der Waals surface area contributed by atoms with Crippen LogP contribution in [0.4, 0.5) is 19.0 Å². The van der Waals surface area contributed by atoms with Crippen molar-refractivity contribution >= 4 is 11.6 Å². The summed E-state index contributed by atoms with van der Waals surface area (Å²) in [7, 11) is 0. The van der Waals surface area contributed by atoms with E-state index in [0.717, 1.165) is 22.9 Å². The summed E-state index contributed by atoms with van der Waals surface area (Å²) in [5.41, 5.74) is 1.67. The number of aromatic nitrogens is 4. The lowest BCUT2D eigenvalue weighted by Gasteiger charge is -2.32. The highest BCUT2D eigenvalue weighted by Gasteiger charge is 2.37. The van der Waals surface area contributed by atoms with Gasteiger partial charge in [-0.1, -0.05) is 30.3 Å². The van der Waals surface area contributed by atoms with Crippen molar-refractivity contribution in [2.75, 3.05) is 18.5 Å². The number of nitrogens with zero attached hydrogens (tertiary/aromatic N) is 4. The van der Waals surface area contributed by atoms with Crippen LogP contribution < -0.4 is 5.32 Å². The van der Waals surface area contributed by atoms with E-state index in [0.29, 0.717) is 24.7 Å². The summed E-state index contributed by atoms with van der Waals surface area (Å²) in [6.07, 6.45) is -2.76. The molecule has 0 amide bonds. The van der Waals surface area contributed by atoms with Crippen LogP contribution in [0.15, 0.2) is 36.4 Å². The number of hydrogen-bond donors (Lipinski definition) is 1. The van der Waals surface area contributed by atoms with Crippen molar-refractivity contribution in [2.24, 2.45) is 5.92 Å². The Hall–Kier alpha value is -2.68. The average Bonchev–Trinajstić information content (AvgIpc) is 3.11. The second kappa shape index (κ2) is 7.38. The van der Waals surface area contributed by atoms with E-state index in [1.807, 2.05) is 30.3 Å². The molecule has 1 N–H and O–H groups in total. The van der Waals surface area contributed by atoms with Crippen LogP contribution >= 0.6 is 0 Å². The quantitative estimate of drug-likeness (QED) is 0.728. The summed E-state index contributed by atoms with van der Waals surface area (Å²) in [5.74, 6) is -0.653. The molecule has 1 aromatic carbocycles. The lowest BCUT2D eigenvalue weighted by molar-refractivity contribution is -0.144. The number of hydrogen-bond acceptors (Lipinski definition) is 5. The van der Waals surface area contributed by atoms with Gasteiger partial charge in [0.2, 0.25) is 0 Å². The fraction of sp³-hybridized carbons (Fsp3) is 0.421. The minimum atomic E-state index is -4.62. The monoisotopic (exact) mass is 391 g/mol. The molecule has 4 rings (SSSR count). The number of fused-ring (bicyclic) bond motifs is 1. The number of nitrogens with one attached hydrogen (secondary N) is 1. The Morgan fingerprint density at radius 2 is 2.00 bits per heavy atom. The molecular formula is C19H20F3N5O. The number of rotatable bonds is 4. The van der Waals surface area contributed by atoms with Gasteiger partial charge in [-0.05, 0) is 25.3 Å². The van der Waals surface area contributed by atoms with E-state index in [-0.39, 0.29) is 17.8 Å². The Morgan fingerprint density at radius 3 is 2.75 bits per heavy atom. The van der Waals surface area contributed by atoms with Gasteiger partial charge < -0.3 is 10.1 Å². The molecule has 3 aromatic rings. The molecule has 0 bridgehead atoms. The number of alkyl halides is 3. The SMILES string of the molecule is Cc1cc(NCC2CCCOC2c2ccccc2)n2nc(C(F)(F)F)nc2n1. The van der Waals surface area contributed by atoms with Crippen LogP contribution in [-0.4, -0.2) is 32.7 Å². The fourth-order valence-electron chi connectivity index (χ4n) is 3.53. The fourth-order valence-corrected chi connectivity index (χ4v) is 3.53. The predicted octanol–water partition coefficient (Wildman–Crippen LogP) is 4.03. The van der Waals surface area contributed by atoms with Crippen LogP contribution in [0.1, 0.15) is 36.0 Å². The lowest BCUT2D eigenvalue weighted by atomic mass is 9.89. The maximum absolute atomic E-state index is 13.0. The van der Waals surface area contributed by atoms with E-state index in [4.69, 9.17) is 4.74 Å². The number of aryl methyl sites for hydroxylation is 1. The molecule has 0 saturated carbocycles. The summed E-state index contributed by atoms with van der Waals surface area (Å²) in [6.45, 7) is 2.95. The minimum Gasteiger partial charge on any atom is -0.373 e. The summed E-state index contributed by atoms with van der Waals surface area (Å²) >= 11 is 0. The van der Waals surface area contributed by atoms with E-state index in [2.05, 4.69) is 20.4 Å². The number of benzene rings is 1. The summed E-state index contributed by atoms with van der Waals surface area (Å²) < 4.78 is 46.0. The smallest absolute Gasteiger partial charge is 0.373 e. The van der Waals surface area contributed by atoms with Crippen LogP contribution in [0.3, 0.4) is 0 Å². The zero-order valence-electron chi connectivity index (χ0n) is 15.3. The largest absolute Gasteiger partial charge is 0.453 e. The normalized spacial score (nSPS) is 20.4. The second-order valence-corrected chi connectivity index (χ2v) is 6.91. The molecule has 6 nitrogen and oxygen atoms in total. The molecule has 2 unspecified atom stereocenters. The first kappa shape index (κ1) is 18.7. The van der Waals surface area contributed by atoms with Crippen LogP contribution in [0, 0.1) is 12.8 Å². The van der Waals surface area contributed by atoms with Gasteiger partial charge in [0, 0.05) is 30.8 Å². The third-order valence-corrected chi connectivity index (χ3v) is 4.81. The zero-order valence-corrected chi connectivity index (χ0v) is 15.3. The summed E-state index contributed by atoms with van der Waals surface area (Å²) in [4.78, 5) is 7.57. The first-order valence-corrected chi connectivity index (χ1v) is 9.14. The van der Waals surface area contributed by atoms with Gasteiger partial charge in [0.25, 0.3) is 11.6 Å². The molecule has 0 aliphatic carbocycles. The van der Waals surface area contributed by atoms with Gasteiger partial charge in [-0.15, -0.1) is 5.10 Å². The maximum atomic E-state index is 13.0. The lowest BCUT2D eigenvalue weighted by Crippen LogP contribution is -2.28. The van der Waals surface area contributed by atoms with Crippen molar-refractivity contribution in [3.8, 4) is 0 Å². The standard InChI is InChI=1S/C19H20F3N5O/c1-12-10-15(27-18(24-12)25-17(26-27)19(20,21)22)23-11-14-8-5-9-28-16(14)13-6-3-2-4-7-13/h2-4,6-7,10,14,16,23H,5,8-9,11H2,1H3. The predicted molar refractivity (Wildman–Crippen MR) is 96.9 cm³/mol. The third kappa shape index (κ3) is 3.80. The Kier molecular flexibility index (Phi) is 4.92. The molecule has 3 heterocycles. The van der Waals surface area contributed by atoms with Crippen LogP contribution in [0.5, 0.6) is 0 Å². The van der Waals surface area contributed by atoms with Crippen molar-refractivity contribution < 1.29 is 17.9 Å². The van der Waals surface area contributed by atoms with E-state index in [1.165, 1.54) is 0 Å². The van der Waals surface area contributed by atoms with E-state index < -0.39 is 12.0 Å². The molecule has 1 fully saturated rings. The molecule has 28 heavy (non-hydrogen) atoms. The molecule has 2 aromatic heterocycles. The first-order chi connectivity index (χ1) is 13.4. The Labute approximate surface area is 159 Å². The van der Waals surface area contributed by atoms with E-state index >= 15 is 0 Å². The molecule has 148 valence electrons. The topological polar surface area (TPSA) is 64.3 Å². The van der Waals surface area contributed by atoms with Gasteiger partial charge in [-0.3, -0.25) is 0 Å². The summed E-state index contributed by atoms with van der Waals surface area (Å²) in [6, 6.07) is 11.6. The van der Waals surface area contributed by atoms with Crippen LogP contribution in [0.25, 0.3) is 5.78 Å². The molecular weight excluding hydrogens is 371 g/mol. The van der Waals surface area contributed by atoms with Crippen molar-refractivity contribution in [3.63, 3.8) is 0 Å².